The van der Waals surface area contributed by atoms with E-state index in [0.717, 1.165) is 27.8 Å². The van der Waals surface area contributed by atoms with Crippen LogP contribution in [0.5, 0.6) is 17.2 Å². The second-order valence-electron chi connectivity index (χ2n) is 6.94. The first-order valence-electron chi connectivity index (χ1n) is 9.38. The van der Waals surface area contributed by atoms with Gasteiger partial charge in [-0.15, -0.1) is 0 Å². The van der Waals surface area contributed by atoms with Gasteiger partial charge in [0.25, 0.3) is 0 Å². The summed E-state index contributed by atoms with van der Waals surface area (Å²) in [6, 6.07) is 19.5. The highest BCUT2D eigenvalue weighted by atomic mass is 16.6. The molecule has 3 aromatic carbocycles. The van der Waals surface area contributed by atoms with Crippen molar-refractivity contribution in [1.82, 2.24) is 5.32 Å². The molecule has 3 aromatic rings. The summed E-state index contributed by atoms with van der Waals surface area (Å²) in [4.78, 5) is 12.6. The van der Waals surface area contributed by atoms with E-state index in [-0.39, 0.29) is 17.9 Å². The van der Waals surface area contributed by atoms with Gasteiger partial charge in [0.05, 0.1) is 19.6 Å². The summed E-state index contributed by atoms with van der Waals surface area (Å²) in [5.41, 5.74) is 0.973. The van der Waals surface area contributed by atoms with E-state index in [1.807, 2.05) is 61.5 Å². The topological polar surface area (TPSA) is 56.8 Å². The van der Waals surface area contributed by atoms with Gasteiger partial charge < -0.3 is 19.5 Å². The summed E-state index contributed by atoms with van der Waals surface area (Å²) in [5, 5.41) is 5.15. The van der Waals surface area contributed by atoms with Crippen LogP contribution in [0.4, 0.5) is 0 Å². The normalized spacial score (nSPS) is 16.4. The van der Waals surface area contributed by atoms with E-state index < -0.39 is 0 Å². The van der Waals surface area contributed by atoms with Crippen LogP contribution < -0.4 is 19.5 Å². The summed E-state index contributed by atoms with van der Waals surface area (Å²) < 4.78 is 16.9. The molecule has 0 spiro atoms. The van der Waals surface area contributed by atoms with E-state index in [4.69, 9.17) is 14.2 Å². The van der Waals surface area contributed by atoms with Gasteiger partial charge in [-0.05, 0) is 47.5 Å². The van der Waals surface area contributed by atoms with E-state index in [1.54, 1.807) is 7.11 Å². The standard InChI is InChI=1S/C23H23NO4/c1-15(16-7-8-18-12-19(26-2)10-9-17(18)11-16)23(25)24-13-20-14-27-21-5-3-4-6-22(21)28-20/h3-12,15,20H,13-14H2,1-2H3,(H,24,25)/t15-,20?/m0/s1. The molecule has 5 heteroatoms. The average molecular weight is 377 g/mol. The molecule has 0 bridgehead atoms. The van der Waals surface area contributed by atoms with Crippen LogP contribution in [0.2, 0.25) is 0 Å². The lowest BCUT2D eigenvalue weighted by Crippen LogP contribution is -2.41. The lowest BCUT2D eigenvalue weighted by Gasteiger charge is -2.27. The van der Waals surface area contributed by atoms with Crippen LogP contribution >= 0.6 is 0 Å². The largest absolute Gasteiger partial charge is 0.497 e. The molecule has 1 aliphatic heterocycles. The first-order valence-corrected chi connectivity index (χ1v) is 9.38. The minimum absolute atomic E-state index is 0.0321. The molecular weight excluding hydrogens is 354 g/mol. The molecule has 0 aromatic heterocycles. The predicted molar refractivity (Wildman–Crippen MR) is 108 cm³/mol. The Hall–Kier alpha value is -3.21. The van der Waals surface area contributed by atoms with Crippen molar-refractivity contribution in [2.45, 2.75) is 18.9 Å². The van der Waals surface area contributed by atoms with Gasteiger partial charge in [0.1, 0.15) is 18.5 Å². The number of carbonyl (C=O) groups excluding carboxylic acids is 1. The Bertz CT molecular complexity index is 1000. The molecule has 5 nitrogen and oxygen atoms in total. The van der Waals surface area contributed by atoms with Gasteiger partial charge in [0.2, 0.25) is 5.91 Å². The smallest absolute Gasteiger partial charge is 0.227 e. The molecule has 1 aliphatic rings. The van der Waals surface area contributed by atoms with E-state index >= 15 is 0 Å². The minimum atomic E-state index is -0.261. The Morgan fingerprint density at radius 2 is 1.86 bits per heavy atom. The molecule has 144 valence electrons. The molecule has 1 N–H and O–H groups in total. The van der Waals surface area contributed by atoms with Crippen LogP contribution in [0.1, 0.15) is 18.4 Å². The van der Waals surface area contributed by atoms with Crippen LogP contribution in [-0.4, -0.2) is 32.3 Å². The third-order valence-electron chi connectivity index (χ3n) is 5.04. The monoisotopic (exact) mass is 377 g/mol. The number of amides is 1. The van der Waals surface area contributed by atoms with Crippen LogP contribution in [0.3, 0.4) is 0 Å². The number of para-hydroxylation sites is 2. The van der Waals surface area contributed by atoms with Crippen molar-refractivity contribution in [3.8, 4) is 17.2 Å². The van der Waals surface area contributed by atoms with Gasteiger partial charge in [-0.1, -0.05) is 36.4 Å². The van der Waals surface area contributed by atoms with Crippen molar-refractivity contribution >= 4 is 16.7 Å². The van der Waals surface area contributed by atoms with Crippen LogP contribution in [0.15, 0.2) is 60.7 Å². The quantitative estimate of drug-likeness (QED) is 0.732. The number of hydrogen-bond donors (Lipinski definition) is 1. The van der Waals surface area contributed by atoms with Gasteiger partial charge in [-0.25, -0.2) is 0 Å². The molecule has 0 radical (unpaired) electrons. The van der Waals surface area contributed by atoms with Gasteiger partial charge in [-0.2, -0.15) is 0 Å². The van der Waals surface area contributed by atoms with E-state index in [1.165, 1.54) is 0 Å². The zero-order chi connectivity index (χ0) is 19.5. The Balaban J connectivity index is 1.39. The highest BCUT2D eigenvalue weighted by molar-refractivity contribution is 5.88. The molecule has 1 amide bonds. The van der Waals surface area contributed by atoms with E-state index in [9.17, 15) is 4.79 Å². The second kappa shape index (κ2) is 7.80. The summed E-state index contributed by atoms with van der Waals surface area (Å²) in [7, 11) is 1.65. The Morgan fingerprint density at radius 3 is 2.68 bits per heavy atom. The third-order valence-corrected chi connectivity index (χ3v) is 5.04. The SMILES string of the molecule is COc1ccc2cc([C@H](C)C(=O)NCC3COc4ccccc4O3)ccc2c1. The third kappa shape index (κ3) is 3.74. The maximum absolute atomic E-state index is 12.6. The highest BCUT2D eigenvalue weighted by Gasteiger charge is 2.22. The summed E-state index contributed by atoms with van der Waals surface area (Å²) >= 11 is 0. The summed E-state index contributed by atoms with van der Waals surface area (Å²) in [6.07, 6.45) is -0.199. The predicted octanol–water partition coefficient (Wildman–Crippen LogP) is 3.91. The van der Waals surface area contributed by atoms with Crippen LogP contribution in [0, 0.1) is 0 Å². The minimum Gasteiger partial charge on any atom is -0.497 e. The van der Waals surface area contributed by atoms with Crippen molar-refractivity contribution in [2.24, 2.45) is 0 Å². The molecular formula is C23H23NO4. The van der Waals surface area contributed by atoms with Crippen molar-refractivity contribution in [1.29, 1.82) is 0 Å². The lowest BCUT2D eigenvalue weighted by atomic mass is 9.97. The highest BCUT2D eigenvalue weighted by Crippen LogP contribution is 2.31. The lowest BCUT2D eigenvalue weighted by molar-refractivity contribution is -0.122. The first-order chi connectivity index (χ1) is 13.6. The molecule has 0 aliphatic carbocycles. The molecule has 4 rings (SSSR count). The number of ether oxygens (including phenoxy) is 3. The number of carbonyl (C=O) groups is 1. The zero-order valence-corrected chi connectivity index (χ0v) is 16.0. The fraction of sp³-hybridized carbons (Fsp3) is 0.261. The summed E-state index contributed by atoms with van der Waals surface area (Å²) in [5.74, 6) is 1.98. The molecule has 1 unspecified atom stereocenters. The van der Waals surface area contributed by atoms with Crippen LogP contribution in [-0.2, 0) is 4.79 Å². The summed E-state index contributed by atoms with van der Waals surface area (Å²) in [6.45, 7) is 2.74. The molecule has 28 heavy (non-hydrogen) atoms. The van der Waals surface area contributed by atoms with Gasteiger partial charge in [-0.3, -0.25) is 4.79 Å². The van der Waals surface area contributed by atoms with Crippen molar-refractivity contribution in [3.05, 3.63) is 66.2 Å². The molecule has 0 fully saturated rings. The number of hydrogen-bond acceptors (Lipinski definition) is 4. The van der Waals surface area contributed by atoms with Gasteiger partial charge in [0, 0.05) is 0 Å². The maximum atomic E-state index is 12.6. The zero-order valence-electron chi connectivity index (χ0n) is 16.0. The van der Waals surface area contributed by atoms with Crippen molar-refractivity contribution in [2.75, 3.05) is 20.3 Å². The van der Waals surface area contributed by atoms with Crippen molar-refractivity contribution < 1.29 is 19.0 Å². The number of rotatable bonds is 5. The molecule has 1 heterocycles. The first kappa shape index (κ1) is 18.2. The van der Waals surface area contributed by atoms with E-state index in [0.29, 0.717) is 18.9 Å². The van der Waals surface area contributed by atoms with Crippen LogP contribution in [0.25, 0.3) is 10.8 Å². The molecule has 0 saturated heterocycles. The number of benzene rings is 3. The number of methoxy groups -OCH3 is 1. The Labute approximate surface area is 164 Å². The number of nitrogens with one attached hydrogen (secondary N) is 1. The maximum Gasteiger partial charge on any atom is 0.227 e. The Kier molecular flexibility index (Phi) is 5.06. The second-order valence-corrected chi connectivity index (χ2v) is 6.94. The number of fused-ring (bicyclic) bond motifs is 2. The van der Waals surface area contributed by atoms with Gasteiger partial charge in [0.15, 0.2) is 11.5 Å². The Morgan fingerprint density at radius 1 is 1.11 bits per heavy atom. The fourth-order valence-electron chi connectivity index (χ4n) is 3.32. The molecule has 0 saturated carbocycles. The average Bonchev–Trinajstić information content (AvgIpc) is 2.76. The van der Waals surface area contributed by atoms with Crippen molar-refractivity contribution in [3.63, 3.8) is 0 Å². The fourth-order valence-corrected chi connectivity index (χ4v) is 3.32. The molecule has 2 atom stereocenters. The van der Waals surface area contributed by atoms with Gasteiger partial charge >= 0.3 is 0 Å². The van der Waals surface area contributed by atoms with E-state index in [2.05, 4.69) is 11.4 Å².